The minimum atomic E-state index is 0.115. The predicted molar refractivity (Wildman–Crippen MR) is 106 cm³/mol. The van der Waals surface area contributed by atoms with Gasteiger partial charge in [-0.15, -0.1) is 21.5 Å². The van der Waals surface area contributed by atoms with Crippen LogP contribution in [0, 0.1) is 11.8 Å². The molecule has 2 aliphatic rings. The van der Waals surface area contributed by atoms with Gasteiger partial charge in [0.05, 0.1) is 10.6 Å². The Morgan fingerprint density at radius 3 is 2.88 bits per heavy atom. The number of rotatable bonds is 6. The van der Waals surface area contributed by atoms with Crippen molar-refractivity contribution >= 4 is 29.0 Å². The van der Waals surface area contributed by atoms with Gasteiger partial charge in [-0.1, -0.05) is 44.5 Å². The summed E-state index contributed by atoms with van der Waals surface area (Å²) in [4.78, 5) is 13.6. The number of hydrogen-bond donors (Lipinski definition) is 1. The van der Waals surface area contributed by atoms with Crippen LogP contribution in [0.2, 0.25) is 0 Å². The lowest BCUT2D eigenvalue weighted by Crippen LogP contribution is -2.44. The molecule has 2 fully saturated rings. The lowest BCUT2D eigenvalue weighted by molar-refractivity contribution is -0.120. The van der Waals surface area contributed by atoms with Crippen molar-refractivity contribution in [1.29, 1.82) is 0 Å². The van der Waals surface area contributed by atoms with Crippen LogP contribution in [0.4, 0.5) is 0 Å². The molecule has 26 heavy (non-hydrogen) atoms. The third-order valence-corrected chi connectivity index (χ3v) is 7.51. The maximum absolute atomic E-state index is 12.5. The first-order valence-electron chi connectivity index (χ1n) is 9.54. The summed E-state index contributed by atoms with van der Waals surface area (Å²) in [6.45, 7) is 4.56. The van der Waals surface area contributed by atoms with Gasteiger partial charge in [-0.25, -0.2) is 0 Å². The number of nitrogens with one attached hydrogen (secondary N) is 1. The summed E-state index contributed by atoms with van der Waals surface area (Å²) < 4.78 is 2.23. The maximum Gasteiger partial charge on any atom is 0.230 e. The van der Waals surface area contributed by atoms with Gasteiger partial charge in [-0.2, -0.15) is 0 Å². The van der Waals surface area contributed by atoms with Crippen molar-refractivity contribution in [3.8, 4) is 10.7 Å². The Kier molecular flexibility index (Phi) is 5.36. The fourth-order valence-corrected chi connectivity index (χ4v) is 5.30. The van der Waals surface area contributed by atoms with Gasteiger partial charge in [0.1, 0.15) is 0 Å². The lowest BCUT2D eigenvalue weighted by atomic mass is 9.78. The lowest BCUT2D eigenvalue weighted by Gasteiger charge is -2.34. The zero-order valence-corrected chi connectivity index (χ0v) is 17.0. The topological polar surface area (TPSA) is 59.8 Å². The van der Waals surface area contributed by atoms with Crippen LogP contribution in [0.25, 0.3) is 10.7 Å². The van der Waals surface area contributed by atoms with E-state index in [1.807, 2.05) is 6.07 Å². The van der Waals surface area contributed by atoms with Crippen LogP contribution in [0.15, 0.2) is 22.7 Å². The van der Waals surface area contributed by atoms with Crippen LogP contribution in [0.3, 0.4) is 0 Å². The molecule has 1 amide bonds. The molecular formula is C19H26N4OS2. The fourth-order valence-electron chi connectivity index (χ4n) is 3.78. The molecule has 0 aliphatic heterocycles. The normalized spacial score (nSPS) is 26.0. The molecular weight excluding hydrogens is 364 g/mol. The van der Waals surface area contributed by atoms with Gasteiger partial charge in [-0.05, 0) is 42.5 Å². The zero-order chi connectivity index (χ0) is 18.1. The average molecular weight is 391 g/mol. The summed E-state index contributed by atoms with van der Waals surface area (Å²) in [5.41, 5.74) is 0. The Morgan fingerprint density at radius 2 is 2.15 bits per heavy atom. The Labute approximate surface area is 163 Å². The third-order valence-electron chi connectivity index (χ3n) is 5.70. The first-order chi connectivity index (χ1) is 12.6. The molecule has 0 bridgehead atoms. The summed E-state index contributed by atoms with van der Waals surface area (Å²) in [6.07, 6.45) is 5.94. The summed E-state index contributed by atoms with van der Waals surface area (Å²) >= 11 is 3.20. The van der Waals surface area contributed by atoms with Crippen molar-refractivity contribution in [2.75, 3.05) is 5.75 Å². The van der Waals surface area contributed by atoms with E-state index >= 15 is 0 Å². The summed E-state index contributed by atoms with van der Waals surface area (Å²) in [7, 11) is 0. The first kappa shape index (κ1) is 18.0. The van der Waals surface area contributed by atoms with E-state index in [4.69, 9.17) is 0 Å². The predicted octanol–water partition coefficient (Wildman–Crippen LogP) is 4.37. The van der Waals surface area contributed by atoms with Gasteiger partial charge < -0.3 is 5.32 Å². The molecule has 7 heteroatoms. The van der Waals surface area contributed by atoms with E-state index in [1.54, 1.807) is 11.3 Å². The second-order valence-corrected chi connectivity index (χ2v) is 9.50. The molecule has 1 N–H and O–H groups in total. The van der Waals surface area contributed by atoms with Gasteiger partial charge in [-0.3, -0.25) is 9.36 Å². The number of hydrogen-bond acceptors (Lipinski definition) is 5. The van der Waals surface area contributed by atoms with Crippen molar-refractivity contribution in [1.82, 2.24) is 20.1 Å². The number of amides is 1. The summed E-state index contributed by atoms with van der Waals surface area (Å²) in [6, 6.07) is 4.93. The highest BCUT2D eigenvalue weighted by molar-refractivity contribution is 7.99. The second-order valence-electron chi connectivity index (χ2n) is 7.61. The number of aromatic nitrogens is 3. The smallest absolute Gasteiger partial charge is 0.230 e. The standard InChI is InChI=1S/C19H26N4OS2/c1-12-5-3-6-15(13(12)2)20-17(24)11-26-19-22-21-18(16-7-4-10-25-16)23(19)14-8-9-14/h4,7,10,12-15H,3,5-6,8-9,11H2,1-2H3,(H,20,24)/t12-,13+,15-/m0/s1. The minimum absolute atomic E-state index is 0.115. The zero-order valence-electron chi connectivity index (χ0n) is 15.4. The number of thiophene rings is 1. The van der Waals surface area contributed by atoms with E-state index in [-0.39, 0.29) is 5.91 Å². The van der Waals surface area contributed by atoms with E-state index in [9.17, 15) is 4.79 Å². The first-order valence-corrected chi connectivity index (χ1v) is 11.4. The van der Waals surface area contributed by atoms with E-state index in [2.05, 4.69) is 45.4 Å². The minimum Gasteiger partial charge on any atom is -0.352 e. The van der Waals surface area contributed by atoms with Gasteiger partial charge >= 0.3 is 0 Å². The number of nitrogens with zero attached hydrogens (tertiary/aromatic N) is 3. The maximum atomic E-state index is 12.5. The van der Waals surface area contributed by atoms with E-state index < -0.39 is 0 Å². The molecule has 0 radical (unpaired) electrons. The number of carbonyl (C=O) groups excluding carboxylic acids is 1. The van der Waals surface area contributed by atoms with Crippen LogP contribution < -0.4 is 5.32 Å². The summed E-state index contributed by atoms with van der Waals surface area (Å²) in [5.74, 6) is 2.71. The molecule has 2 aliphatic carbocycles. The van der Waals surface area contributed by atoms with Crippen LogP contribution in [-0.2, 0) is 4.79 Å². The van der Waals surface area contributed by atoms with Crippen molar-refractivity contribution < 1.29 is 4.79 Å². The van der Waals surface area contributed by atoms with E-state index in [1.165, 1.54) is 37.4 Å². The van der Waals surface area contributed by atoms with Gasteiger partial charge in [0.15, 0.2) is 11.0 Å². The monoisotopic (exact) mass is 390 g/mol. The van der Waals surface area contributed by atoms with Crippen LogP contribution in [0.1, 0.15) is 52.0 Å². The molecule has 2 aromatic rings. The van der Waals surface area contributed by atoms with Gasteiger partial charge in [0.2, 0.25) is 5.91 Å². The fraction of sp³-hybridized carbons (Fsp3) is 0.632. The SMILES string of the molecule is C[C@H]1[C@@H](NC(=O)CSc2nnc(-c3cccs3)n2C2CC2)CCC[C@@H]1C. The van der Waals surface area contributed by atoms with E-state index in [0.29, 0.717) is 29.7 Å². The van der Waals surface area contributed by atoms with Crippen molar-refractivity contribution in [3.05, 3.63) is 17.5 Å². The number of carbonyl (C=O) groups is 1. The van der Waals surface area contributed by atoms with Crippen molar-refractivity contribution in [2.24, 2.45) is 11.8 Å². The van der Waals surface area contributed by atoms with Crippen LogP contribution in [0.5, 0.6) is 0 Å². The molecule has 5 nitrogen and oxygen atoms in total. The van der Waals surface area contributed by atoms with E-state index in [0.717, 1.165) is 22.3 Å². The highest BCUT2D eigenvalue weighted by atomic mass is 32.2. The molecule has 2 heterocycles. The highest BCUT2D eigenvalue weighted by Gasteiger charge is 2.31. The number of thioether (sulfide) groups is 1. The molecule has 3 atom stereocenters. The molecule has 0 aromatic carbocycles. The van der Waals surface area contributed by atoms with Gasteiger partial charge in [0.25, 0.3) is 0 Å². The average Bonchev–Trinajstić information content (AvgIpc) is 3.16. The Hall–Kier alpha value is -1.34. The Balaban J connectivity index is 1.39. The Bertz CT molecular complexity index is 754. The quantitative estimate of drug-likeness (QED) is 0.744. The molecule has 0 saturated heterocycles. The Morgan fingerprint density at radius 1 is 1.31 bits per heavy atom. The molecule has 2 aromatic heterocycles. The summed E-state index contributed by atoms with van der Waals surface area (Å²) in [5, 5.41) is 15.0. The molecule has 140 valence electrons. The van der Waals surface area contributed by atoms with Gasteiger partial charge in [0, 0.05) is 12.1 Å². The van der Waals surface area contributed by atoms with Crippen molar-refractivity contribution in [2.45, 2.75) is 63.2 Å². The van der Waals surface area contributed by atoms with Crippen LogP contribution >= 0.6 is 23.1 Å². The third kappa shape index (κ3) is 3.83. The molecule has 4 rings (SSSR count). The van der Waals surface area contributed by atoms with Crippen molar-refractivity contribution in [3.63, 3.8) is 0 Å². The highest BCUT2D eigenvalue weighted by Crippen LogP contribution is 2.41. The molecule has 0 spiro atoms. The van der Waals surface area contributed by atoms with Crippen LogP contribution in [-0.4, -0.2) is 32.5 Å². The molecule has 0 unspecified atom stereocenters. The largest absolute Gasteiger partial charge is 0.352 e. The second kappa shape index (κ2) is 7.72. The molecule has 2 saturated carbocycles.